The molecule has 1 saturated carbocycles. The molecule has 1 aromatic heterocycles. The molecule has 0 bridgehead atoms. The van der Waals surface area contributed by atoms with Crippen molar-refractivity contribution in [2.45, 2.75) is 37.5 Å². The van der Waals surface area contributed by atoms with E-state index in [2.05, 4.69) is 22.9 Å². The van der Waals surface area contributed by atoms with E-state index in [0.717, 1.165) is 25.0 Å². The van der Waals surface area contributed by atoms with Crippen molar-refractivity contribution in [1.29, 1.82) is 0 Å². The molecule has 0 radical (unpaired) electrons. The Balaban J connectivity index is 1.41. The number of aliphatic hydroxyl groups is 1. The van der Waals surface area contributed by atoms with E-state index in [4.69, 9.17) is 21.1 Å². The van der Waals surface area contributed by atoms with Gasteiger partial charge in [0.15, 0.2) is 0 Å². The third-order valence-corrected chi connectivity index (χ3v) is 7.28. The van der Waals surface area contributed by atoms with E-state index in [1.807, 2.05) is 17.0 Å². The van der Waals surface area contributed by atoms with Gasteiger partial charge in [0.25, 0.3) is 0 Å². The molecule has 2 aliphatic rings. The van der Waals surface area contributed by atoms with Crippen LogP contribution in [0, 0.1) is 0 Å². The number of hydrogen-bond donors (Lipinski definition) is 1. The van der Waals surface area contributed by atoms with Crippen LogP contribution in [-0.2, 0) is 16.0 Å². The number of nitrogens with zero attached hydrogens (tertiary/aromatic N) is 2. The number of rotatable bonds is 12. The minimum atomic E-state index is -0.632. The summed E-state index contributed by atoms with van der Waals surface area (Å²) in [5, 5.41) is 13.1. The van der Waals surface area contributed by atoms with E-state index in [-0.39, 0.29) is 18.6 Å². The van der Waals surface area contributed by atoms with Gasteiger partial charge in [-0.15, -0.1) is 17.9 Å². The molecule has 1 aliphatic heterocycles. The van der Waals surface area contributed by atoms with Gasteiger partial charge >= 0.3 is 0 Å². The summed E-state index contributed by atoms with van der Waals surface area (Å²) in [6, 6.07) is 9.61. The summed E-state index contributed by atoms with van der Waals surface area (Å²) >= 11 is 7.72. The van der Waals surface area contributed by atoms with Gasteiger partial charge in [0.2, 0.25) is 5.91 Å². The molecule has 1 amide bonds. The highest BCUT2D eigenvalue weighted by Crippen LogP contribution is 2.35. The van der Waals surface area contributed by atoms with E-state index in [1.54, 1.807) is 29.5 Å². The Hall–Kier alpha value is -1.90. The average molecular weight is 491 g/mol. The second-order valence-corrected chi connectivity index (χ2v) is 9.99. The lowest BCUT2D eigenvalue weighted by molar-refractivity contribution is -0.136. The zero-order valence-electron chi connectivity index (χ0n) is 18.7. The second kappa shape index (κ2) is 11.5. The Morgan fingerprint density at radius 1 is 1.33 bits per heavy atom. The third kappa shape index (κ3) is 6.58. The van der Waals surface area contributed by atoms with Crippen molar-refractivity contribution in [1.82, 2.24) is 9.80 Å². The highest BCUT2D eigenvalue weighted by molar-refractivity contribution is 7.10. The number of fused-ring (bicyclic) bond motifs is 1. The summed E-state index contributed by atoms with van der Waals surface area (Å²) in [7, 11) is 0. The van der Waals surface area contributed by atoms with E-state index >= 15 is 0 Å². The minimum absolute atomic E-state index is 0.0719. The number of halogens is 1. The first-order valence-corrected chi connectivity index (χ1v) is 12.7. The molecular formula is C25H31ClN2O4S. The van der Waals surface area contributed by atoms with Crippen molar-refractivity contribution < 1.29 is 19.4 Å². The highest BCUT2D eigenvalue weighted by Gasteiger charge is 2.36. The van der Waals surface area contributed by atoms with Gasteiger partial charge < -0.3 is 19.5 Å². The molecule has 2 heterocycles. The number of hydrogen-bond acceptors (Lipinski definition) is 6. The van der Waals surface area contributed by atoms with E-state index in [0.29, 0.717) is 43.9 Å². The molecule has 0 saturated heterocycles. The van der Waals surface area contributed by atoms with Crippen molar-refractivity contribution in [2.75, 3.05) is 39.5 Å². The lowest BCUT2D eigenvalue weighted by atomic mass is 10.0. The molecule has 0 spiro atoms. The van der Waals surface area contributed by atoms with Gasteiger partial charge in [-0.1, -0.05) is 17.7 Å². The first kappa shape index (κ1) is 24.2. The normalized spacial score (nSPS) is 18.8. The maximum absolute atomic E-state index is 13.5. The van der Waals surface area contributed by atoms with Gasteiger partial charge in [0.1, 0.15) is 12.4 Å². The Kier molecular flexibility index (Phi) is 8.44. The second-order valence-electron chi connectivity index (χ2n) is 8.56. The quantitative estimate of drug-likeness (QED) is 0.361. The number of carbonyl (C=O) groups excluding carboxylic acids is 1. The van der Waals surface area contributed by atoms with E-state index < -0.39 is 6.10 Å². The maximum atomic E-state index is 13.5. The van der Waals surface area contributed by atoms with Gasteiger partial charge in [0.05, 0.1) is 31.9 Å². The lowest BCUT2D eigenvalue weighted by Crippen LogP contribution is -2.48. The highest BCUT2D eigenvalue weighted by atomic mass is 35.5. The largest absolute Gasteiger partial charge is 0.491 e. The number of thiophene rings is 1. The maximum Gasteiger partial charge on any atom is 0.237 e. The summed E-state index contributed by atoms with van der Waals surface area (Å²) in [6.45, 7) is 6.05. The SMILES string of the molecule is C=CCOC[C@@H](O)CN(CC(=O)N1CCc2sccc2[C@@H]1COc1ccc(Cl)cc1)C1CC1. The summed E-state index contributed by atoms with van der Waals surface area (Å²) in [5.41, 5.74) is 1.17. The standard InChI is InChI=1S/C25H31ClN2O4S/c1-2-12-31-16-20(29)14-27(19-5-6-19)15-25(30)28-11-9-24-22(10-13-33-24)23(28)17-32-21-7-3-18(26)4-8-21/h2-4,7-8,10,13,19-20,23,29H,1,5-6,9,11-12,14-17H2/t20-,23-/m0/s1. The van der Waals surface area contributed by atoms with Crippen LogP contribution in [0.25, 0.3) is 0 Å². The number of aliphatic hydroxyl groups excluding tert-OH is 1. The number of benzene rings is 1. The van der Waals surface area contributed by atoms with Gasteiger partial charge in [-0.25, -0.2) is 0 Å². The zero-order valence-corrected chi connectivity index (χ0v) is 20.3. The van der Waals surface area contributed by atoms with Crippen LogP contribution < -0.4 is 4.74 Å². The van der Waals surface area contributed by atoms with Crippen molar-refractivity contribution in [3.63, 3.8) is 0 Å². The van der Waals surface area contributed by atoms with Crippen LogP contribution in [0.3, 0.4) is 0 Å². The minimum Gasteiger partial charge on any atom is -0.491 e. The number of ether oxygens (including phenoxy) is 2. The molecule has 4 rings (SSSR count). The smallest absolute Gasteiger partial charge is 0.237 e. The van der Waals surface area contributed by atoms with Gasteiger partial charge in [-0.2, -0.15) is 0 Å². The summed E-state index contributed by atoms with van der Waals surface area (Å²) in [4.78, 5) is 18.8. The van der Waals surface area contributed by atoms with Crippen LogP contribution in [0.4, 0.5) is 0 Å². The summed E-state index contributed by atoms with van der Waals surface area (Å²) < 4.78 is 11.4. The van der Waals surface area contributed by atoms with Gasteiger partial charge in [0, 0.05) is 29.0 Å². The fourth-order valence-electron chi connectivity index (χ4n) is 4.24. The van der Waals surface area contributed by atoms with Crippen molar-refractivity contribution in [3.05, 3.63) is 63.8 Å². The topological polar surface area (TPSA) is 62.2 Å². The van der Waals surface area contributed by atoms with Crippen LogP contribution >= 0.6 is 22.9 Å². The molecule has 1 N–H and O–H groups in total. The van der Waals surface area contributed by atoms with E-state index in [9.17, 15) is 9.90 Å². The fourth-order valence-corrected chi connectivity index (χ4v) is 5.29. The zero-order chi connectivity index (χ0) is 23.2. The molecule has 2 atom stereocenters. The predicted molar refractivity (Wildman–Crippen MR) is 131 cm³/mol. The molecular weight excluding hydrogens is 460 g/mol. The average Bonchev–Trinajstić information content (AvgIpc) is 3.55. The summed E-state index contributed by atoms with van der Waals surface area (Å²) in [5.74, 6) is 0.805. The Morgan fingerprint density at radius 3 is 2.85 bits per heavy atom. The Morgan fingerprint density at radius 2 is 2.12 bits per heavy atom. The molecule has 178 valence electrons. The van der Waals surface area contributed by atoms with Crippen molar-refractivity contribution in [2.24, 2.45) is 0 Å². The van der Waals surface area contributed by atoms with Crippen LogP contribution in [0.15, 0.2) is 48.4 Å². The molecule has 1 aliphatic carbocycles. The molecule has 1 aromatic carbocycles. The molecule has 6 nitrogen and oxygen atoms in total. The predicted octanol–water partition coefficient (Wildman–Crippen LogP) is 3.93. The lowest BCUT2D eigenvalue weighted by Gasteiger charge is -2.37. The van der Waals surface area contributed by atoms with E-state index in [1.165, 1.54) is 10.4 Å². The fraction of sp³-hybridized carbons (Fsp3) is 0.480. The first-order valence-electron chi connectivity index (χ1n) is 11.4. The van der Waals surface area contributed by atoms with Gasteiger partial charge in [-0.3, -0.25) is 9.69 Å². The molecule has 2 aromatic rings. The third-order valence-electron chi connectivity index (χ3n) is 6.03. The van der Waals surface area contributed by atoms with Crippen molar-refractivity contribution in [3.8, 4) is 5.75 Å². The molecule has 33 heavy (non-hydrogen) atoms. The Bertz CT molecular complexity index is 931. The Labute approximate surface area is 204 Å². The van der Waals surface area contributed by atoms with Crippen LogP contribution in [-0.4, -0.2) is 72.4 Å². The molecule has 8 heteroatoms. The van der Waals surface area contributed by atoms with Crippen LogP contribution in [0.5, 0.6) is 5.75 Å². The van der Waals surface area contributed by atoms with Crippen molar-refractivity contribution >= 4 is 28.8 Å². The number of carbonyl (C=O) groups is 1. The van der Waals surface area contributed by atoms with Crippen LogP contribution in [0.2, 0.25) is 5.02 Å². The monoisotopic (exact) mass is 490 g/mol. The first-order chi connectivity index (χ1) is 16.0. The molecule has 0 unspecified atom stereocenters. The van der Waals surface area contributed by atoms with Gasteiger partial charge in [-0.05, 0) is 60.5 Å². The number of amides is 1. The van der Waals surface area contributed by atoms with Crippen LogP contribution in [0.1, 0.15) is 29.3 Å². The molecule has 1 fully saturated rings. The summed E-state index contributed by atoms with van der Waals surface area (Å²) in [6.07, 6.45) is 4.01.